The zero-order valence-electron chi connectivity index (χ0n) is 9.58. The van der Waals surface area contributed by atoms with Gasteiger partial charge < -0.3 is 4.74 Å². The third-order valence-electron chi connectivity index (χ3n) is 2.11. The van der Waals surface area contributed by atoms with Gasteiger partial charge in [0.1, 0.15) is 16.9 Å². The monoisotopic (exact) mass is 267 g/mol. The lowest BCUT2D eigenvalue weighted by molar-refractivity contribution is 0.0595. The maximum absolute atomic E-state index is 11.5. The van der Waals surface area contributed by atoms with Crippen molar-refractivity contribution in [1.82, 2.24) is 24.7 Å². The summed E-state index contributed by atoms with van der Waals surface area (Å²) in [7, 11) is 2.83. The summed E-state index contributed by atoms with van der Waals surface area (Å²) in [4.78, 5) is 30.5. The first-order valence-corrected chi connectivity index (χ1v) is 5.62. The molecule has 9 heteroatoms. The highest BCUT2D eigenvalue weighted by Crippen LogP contribution is 2.25. The number of nitrogens with zero attached hydrogens (tertiary/aromatic N) is 4. The Morgan fingerprint density at radius 2 is 2.33 bits per heavy atom. The number of hydrogen-bond acceptors (Lipinski definition) is 7. The van der Waals surface area contributed by atoms with Gasteiger partial charge in [-0.15, -0.1) is 5.10 Å². The van der Waals surface area contributed by atoms with Gasteiger partial charge in [-0.1, -0.05) is 0 Å². The molecule has 18 heavy (non-hydrogen) atoms. The number of nitrogens with one attached hydrogen (secondary N) is 1. The zero-order valence-corrected chi connectivity index (χ0v) is 10.4. The van der Waals surface area contributed by atoms with E-state index in [0.29, 0.717) is 10.2 Å². The van der Waals surface area contributed by atoms with Crippen LogP contribution in [0.1, 0.15) is 10.4 Å². The Bertz CT molecular complexity index is 635. The summed E-state index contributed by atoms with van der Waals surface area (Å²) >= 11 is 1.07. The molecule has 0 spiro atoms. The van der Waals surface area contributed by atoms with Crippen LogP contribution >= 0.6 is 11.8 Å². The van der Waals surface area contributed by atoms with E-state index in [1.54, 1.807) is 7.05 Å². The van der Waals surface area contributed by atoms with Crippen LogP contribution in [0.4, 0.5) is 0 Å². The van der Waals surface area contributed by atoms with Crippen LogP contribution in [0.15, 0.2) is 27.5 Å². The first kappa shape index (κ1) is 12.3. The highest BCUT2D eigenvalue weighted by atomic mass is 32.2. The number of methoxy groups -OCH3 is 1. The van der Waals surface area contributed by atoms with Crippen molar-refractivity contribution in [2.45, 2.75) is 10.2 Å². The van der Waals surface area contributed by atoms with E-state index in [2.05, 4.69) is 24.9 Å². The van der Waals surface area contributed by atoms with Crippen molar-refractivity contribution >= 4 is 17.7 Å². The van der Waals surface area contributed by atoms with Crippen molar-refractivity contribution in [1.29, 1.82) is 0 Å². The average Bonchev–Trinajstić information content (AvgIpc) is 2.70. The summed E-state index contributed by atoms with van der Waals surface area (Å²) in [5.74, 6) is -0.543. The third-order valence-corrected chi connectivity index (χ3v) is 3.17. The van der Waals surface area contributed by atoms with Crippen LogP contribution in [-0.4, -0.2) is 37.8 Å². The summed E-state index contributed by atoms with van der Waals surface area (Å²) in [6, 6.07) is 0. The topological polar surface area (TPSA) is 103 Å². The molecule has 2 aromatic heterocycles. The van der Waals surface area contributed by atoms with Crippen LogP contribution in [-0.2, 0) is 11.8 Å². The predicted molar refractivity (Wildman–Crippen MR) is 61.3 cm³/mol. The Morgan fingerprint density at radius 1 is 1.56 bits per heavy atom. The van der Waals surface area contributed by atoms with E-state index in [1.165, 1.54) is 24.2 Å². The SMILES string of the molecule is COC(=O)c1cncnc1Sc1n[nH]c(=O)n1C. The Hall–Kier alpha value is -2.16. The summed E-state index contributed by atoms with van der Waals surface area (Å²) in [5.41, 5.74) is -0.119. The van der Waals surface area contributed by atoms with Gasteiger partial charge in [0.15, 0.2) is 5.16 Å². The Kier molecular flexibility index (Phi) is 3.42. The summed E-state index contributed by atoms with van der Waals surface area (Å²) in [5, 5.41) is 6.88. The third kappa shape index (κ3) is 2.25. The lowest BCUT2D eigenvalue weighted by atomic mass is 10.3. The zero-order chi connectivity index (χ0) is 13.1. The molecule has 0 aliphatic carbocycles. The van der Waals surface area contributed by atoms with Gasteiger partial charge in [0.05, 0.1) is 7.11 Å². The quantitative estimate of drug-likeness (QED) is 0.608. The number of aromatic nitrogens is 5. The molecule has 0 aromatic carbocycles. The van der Waals surface area contributed by atoms with Crippen LogP contribution < -0.4 is 5.69 Å². The van der Waals surface area contributed by atoms with Crippen molar-refractivity contribution in [3.05, 3.63) is 28.6 Å². The van der Waals surface area contributed by atoms with Gasteiger partial charge in [-0.25, -0.2) is 24.7 Å². The molecular weight excluding hydrogens is 258 g/mol. The normalized spacial score (nSPS) is 10.3. The molecule has 2 rings (SSSR count). The number of ether oxygens (including phenoxy) is 1. The van der Waals surface area contributed by atoms with E-state index in [0.717, 1.165) is 11.8 Å². The molecule has 0 aliphatic rings. The highest BCUT2D eigenvalue weighted by molar-refractivity contribution is 7.99. The molecule has 2 heterocycles. The number of H-pyrrole nitrogens is 1. The van der Waals surface area contributed by atoms with Crippen molar-refractivity contribution in [3.8, 4) is 0 Å². The molecule has 0 unspecified atom stereocenters. The van der Waals surface area contributed by atoms with Gasteiger partial charge in [-0.3, -0.25) is 4.57 Å². The highest BCUT2D eigenvalue weighted by Gasteiger charge is 2.16. The lowest BCUT2D eigenvalue weighted by Gasteiger charge is -2.04. The van der Waals surface area contributed by atoms with Crippen molar-refractivity contribution < 1.29 is 9.53 Å². The van der Waals surface area contributed by atoms with Crippen molar-refractivity contribution in [2.24, 2.45) is 7.05 Å². The molecule has 0 atom stereocenters. The van der Waals surface area contributed by atoms with E-state index in [4.69, 9.17) is 0 Å². The Labute approximate surface area is 105 Å². The second-order valence-electron chi connectivity index (χ2n) is 3.21. The first-order valence-electron chi connectivity index (χ1n) is 4.81. The summed E-state index contributed by atoms with van der Waals surface area (Å²) < 4.78 is 5.93. The second-order valence-corrected chi connectivity index (χ2v) is 4.16. The minimum Gasteiger partial charge on any atom is -0.465 e. The first-order chi connectivity index (χ1) is 8.63. The molecule has 0 saturated carbocycles. The van der Waals surface area contributed by atoms with Crippen LogP contribution in [0.2, 0.25) is 0 Å². The molecule has 0 amide bonds. The van der Waals surface area contributed by atoms with Crippen molar-refractivity contribution in [2.75, 3.05) is 7.11 Å². The van der Waals surface area contributed by atoms with Gasteiger partial charge in [-0.2, -0.15) is 0 Å². The Balaban J connectivity index is 2.38. The lowest BCUT2D eigenvalue weighted by Crippen LogP contribution is -2.13. The number of carbonyl (C=O) groups excluding carboxylic acids is 1. The molecule has 94 valence electrons. The molecule has 0 fully saturated rings. The fourth-order valence-electron chi connectivity index (χ4n) is 1.16. The van der Waals surface area contributed by atoms with E-state index in [-0.39, 0.29) is 11.3 Å². The van der Waals surface area contributed by atoms with Gasteiger partial charge in [-0.05, 0) is 11.8 Å². The summed E-state index contributed by atoms with van der Waals surface area (Å²) in [6.45, 7) is 0. The number of carbonyl (C=O) groups is 1. The minimum atomic E-state index is -0.543. The molecule has 2 aromatic rings. The largest absolute Gasteiger partial charge is 0.465 e. The van der Waals surface area contributed by atoms with Crippen LogP contribution in [0.25, 0.3) is 0 Å². The predicted octanol–water partition coefficient (Wildman–Crippen LogP) is -0.164. The van der Waals surface area contributed by atoms with Gasteiger partial charge in [0.2, 0.25) is 0 Å². The minimum absolute atomic E-state index is 0.223. The molecule has 0 saturated heterocycles. The van der Waals surface area contributed by atoms with Gasteiger partial charge in [0, 0.05) is 13.2 Å². The van der Waals surface area contributed by atoms with Crippen LogP contribution in [0.5, 0.6) is 0 Å². The molecule has 0 aliphatic heterocycles. The van der Waals surface area contributed by atoms with E-state index >= 15 is 0 Å². The smallest absolute Gasteiger partial charge is 0.343 e. The molecule has 8 nitrogen and oxygen atoms in total. The molecule has 0 radical (unpaired) electrons. The number of rotatable bonds is 3. The number of hydrogen-bond donors (Lipinski definition) is 1. The Morgan fingerprint density at radius 3 is 2.94 bits per heavy atom. The van der Waals surface area contributed by atoms with E-state index in [1.807, 2.05) is 0 Å². The van der Waals surface area contributed by atoms with Gasteiger partial charge in [0.25, 0.3) is 0 Å². The van der Waals surface area contributed by atoms with E-state index < -0.39 is 5.97 Å². The number of aromatic amines is 1. The maximum Gasteiger partial charge on any atom is 0.343 e. The summed E-state index contributed by atoms with van der Waals surface area (Å²) in [6.07, 6.45) is 2.66. The molecular formula is C9H9N5O3S. The average molecular weight is 267 g/mol. The standard InChI is InChI=1S/C9H9N5O3S/c1-14-8(16)12-13-9(14)18-6-5(7(15)17-2)3-10-4-11-6/h3-4H,1-2H3,(H,12,16). The van der Waals surface area contributed by atoms with Crippen LogP contribution in [0.3, 0.4) is 0 Å². The van der Waals surface area contributed by atoms with E-state index in [9.17, 15) is 9.59 Å². The fraction of sp³-hybridized carbons (Fsp3) is 0.222. The van der Waals surface area contributed by atoms with Crippen molar-refractivity contribution in [3.63, 3.8) is 0 Å². The van der Waals surface area contributed by atoms with Crippen LogP contribution in [0, 0.1) is 0 Å². The molecule has 0 bridgehead atoms. The second kappa shape index (κ2) is 5.00. The van der Waals surface area contributed by atoms with Gasteiger partial charge >= 0.3 is 11.7 Å². The fourth-order valence-corrected chi connectivity index (χ4v) is 1.99. The molecule has 1 N–H and O–H groups in total. The maximum atomic E-state index is 11.5. The number of esters is 1.